The van der Waals surface area contributed by atoms with Gasteiger partial charge < -0.3 is 9.84 Å². The molecule has 0 saturated carbocycles. The second kappa shape index (κ2) is 7.90. The minimum absolute atomic E-state index is 0.00502. The summed E-state index contributed by atoms with van der Waals surface area (Å²) in [6, 6.07) is 17.4. The number of aliphatic carboxylic acids is 1. The van der Waals surface area contributed by atoms with Crippen molar-refractivity contribution < 1.29 is 14.6 Å². The molecule has 0 fully saturated rings. The lowest BCUT2D eigenvalue weighted by Crippen LogP contribution is -2.04. The Morgan fingerprint density at radius 1 is 1.14 bits per heavy atom. The maximum absolute atomic E-state index is 10.9. The lowest BCUT2D eigenvalue weighted by atomic mass is 9.96. The maximum Gasteiger partial charge on any atom is 0.304 e. The zero-order valence-electron chi connectivity index (χ0n) is 12.5. The van der Waals surface area contributed by atoms with Crippen LogP contribution in [0, 0.1) is 11.8 Å². The summed E-state index contributed by atoms with van der Waals surface area (Å²) in [6.45, 7) is 2.22. The molecule has 0 aliphatic heterocycles. The Hall–Kier alpha value is -2.73. The zero-order chi connectivity index (χ0) is 15.8. The fourth-order valence-electron chi connectivity index (χ4n) is 2.14. The third-order valence-electron chi connectivity index (χ3n) is 3.23. The van der Waals surface area contributed by atoms with Gasteiger partial charge in [0.05, 0.1) is 12.3 Å². The molecule has 0 spiro atoms. The molecule has 0 aliphatic carbocycles. The van der Waals surface area contributed by atoms with E-state index in [4.69, 9.17) is 9.84 Å². The Kier molecular flexibility index (Phi) is 5.62. The van der Waals surface area contributed by atoms with Crippen LogP contribution in [0.5, 0.6) is 5.75 Å². The smallest absolute Gasteiger partial charge is 0.304 e. The zero-order valence-corrected chi connectivity index (χ0v) is 12.5. The second-order valence-corrected chi connectivity index (χ2v) is 4.89. The first-order chi connectivity index (χ1) is 10.7. The monoisotopic (exact) mass is 294 g/mol. The van der Waals surface area contributed by atoms with Gasteiger partial charge in [0.25, 0.3) is 0 Å². The molecule has 3 nitrogen and oxygen atoms in total. The van der Waals surface area contributed by atoms with E-state index in [-0.39, 0.29) is 12.3 Å². The Bertz CT molecular complexity index is 663. The van der Waals surface area contributed by atoms with E-state index in [1.54, 1.807) is 6.92 Å². The van der Waals surface area contributed by atoms with Crippen molar-refractivity contribution in [2.45, 2.75) is 25.9 Å². The lowest BCUT2D eigenvalue weighted by Gasteiger charge is -2.10. The molecular formula is C19H18O3. The summed E-state index contributed by atoms with van der Waals surface area (Å²) >= 11 is 0. The first-order valence-electron chi connectivity index (χ1n) is 7.10. The fourth-order valence-corrected chi connectivity index (χ4v) is 2.14. The predicted octanol–water partition coefficient (Wildman–Crippen LogP) is 3.85. The summed E-state index contributed by atoms with van der Waals surface area (Å²) in [5.41, 5.74) is 2.00. The largest absolute Gasteiger partial charge is 0.489 e. The van der Waals surface area contributed by atoms with Crippen LogP contribution in [0.25, 0.3) is 0 Å². The molecule has 0 bridgehead atoms. The molecule has 0 amide bonds. The highest BCUT2D eigenvalue weighted by Crippen LogP contribution is 2.22. The fraction of sp³-hybridized carbons (Fsp3) is 0.211. The molecule has 2 aromatic rings. The molecular weight excluding hydrogens is 276 g/mol. The van der Waals surface area contributed by atoms with Gasteiger partial charge in [0.1, 0.15) is 12.4 Å². The van der Waals surface area contributed by atoms with Gasteiger partial charge in [-0.2, -0.15) is 0 Å². The third kappa shape index (κ3) is 4.68. The normalized spacial score (nSPS) is 11.1. The number of rotatable bonds is 6. The summed E-state index contributed by atoms with van der Waals surface area (Å²) in [4.78, 5) is 10.9. The van der Waals surface area contributed by atoms with E-state index in [1.165, 1.54) is 0 Å². The number of carboxylic acids is 1. The number of carbonyl (C=O) groups is 1. The van der Waals surface area contributed by atoms with Gasteiger partial charge in [-0.1, -0.05) is 48.4 Å². The van der Waals surface area contributed by atoms with Crippen LogP contribution in [-0.4, -0.2) is 11.1 Å². The van der Waals surface area contributed by atoms with Gasteiger partial charge in [0.15, 0.2) is 0 Å². The van der Waals surface area contributed by atoms with Crippen LogP contribution in [0.4, 0.5) is 0 Å². The van der Waals surface area contributed by atoms with Crippen LogP contribution in [0.15, 0.2) is 54.6 Å². The molecule has 0 aliphatic rings. The van der Waals surface area contributed by atoms with E-state index in [2.05, 4.69) is 11.8 Å². The number of hydrogen-bond donors (Lipinski definition) is 1. The Morgan fingerprint density at radius 2 is 1.82 bits per heavy atom. The SMILES string of the molecule is CC#C[C@@H](CC(=O)O)c1ccc(OCc2ccccc2)cc1. The van der Waals surface area contributed by atoms with Gasteiger partial charge in [-0.25, -0.2) is 0 Å². The molecule has 3 heteroatoms. The molecule has 2 aromatic carbocycles. The predicted molar refractivity (Wildman–Crippen MR) is 85.7 cm³/mol. The van der Waals surface area contributed by atoms with E-state index >= 15 is 0 Å². The van der Waals surface area contributed by atoms with Crippen LogP contribution in [0.2, 0.25) is 0 Å². The highest BCUT2D eigenvalue weighted by atomic mass is 16.5. The topological polar surface area (TPSA) is 46.5 Å². The molecule has 0 heterocycles. The van der Waals surface area contributed by atoms with Crippen LogP contribution in [0.3, 0.4) is 0 Å². The second-order valence-electron chi connectivity index (χ2n) is 4.89. The number of ether oxygens (including phenoxy) is 1. The summed E-state index contributed by atoms with van der Waals surface area (Å²) in [5.74, 6) is 5.34. The summed E-state index contributed by atoms with van der Waals surface area (Å²) in [6.07, 6.45) is 0.00502. The molecule has 1 N–H and O–H groups in total. The third-order valence-corrected chi connectivity index (χ3v) is 3.23. The van der Waals surface area contributed by atoms with Gasteiger partial charge in [-0.05, 0) is 30.2 Å². The van der Waals surface area contributed by atoms with Crippen molar-refractivity contribution in [3.05, 3.63) is 65.7 Å². The molecule has 1 atom stereocenters. The van der Waals surface area contributed by atoms with Crippen molar-refractivity contribution >= 4 is 5.97 Å². The molecule has 0 aromatic heterocycles. The molecule has 112 valence electrons. The van der Waals surface area contributed by atoms with Crippen LogP contribution in [-0.2, 0) is 11.4 Å². The van der Waals surface area contributed by atoms with Crippen LogP contribution in [0.1, 0.15) is 30.4 Å². The molecule has 0 saturated heterocycles. The average molecular weight is 294 g/mol. The highest BCUT2D eigenvalue weighted by Gasteiger charge is 2.13. The minimum atomic E-state index is -0.850. The van der Waals surface area contributed by atoms with Gasteiger partial charge in [-0.15, -0.1) is 5.92 Å². The summed E-state index contributed by atoms with van der Waals surface area (Å²) in [7, 11) is 0. The highest BCUT2D eigenvalue weighted by molar-refractivity contribution is 5.69. The van der Waals surface area contributed by atoms with E-state index in [9.17, 15) is 4.79 Å². The molecule has 0 radical (unpaired) electrons. The first-order valence-corrected chi connectivity index (χ1v) is 7.10. The van der Waals surface area contributed by atoms with Crippen molar-refractivity contribution in [2.24, 2.45) is 0 Å². The van der Waals surface area contributed by atoms with Crippen LogP contribution >= 0.6 is 0 Å². The number of hydrogen-bond acceptors (Lipinski definition) is 2. The van der Waals surface area contributed by atoms with Crippen molar-refractivity contribution in [1.82, 2.24) is 0 Å². The van der Waals surface area contributed by atoms with E-state index in [1.807, 2.05) is 54.6 Å². The van der Waals surface area contributed by atoms with Gasteiger partial charge >= 0.3 is 5.97 Å². The molecule has 2 rings (SSSR count). The van der Waals surface area contributed by atoms with E-state index < -0.39 is 5.97 Å². The molecule has 22 heavy (non-hydrogen) atoms. The van der Waals surface area contributed by atoms with Gasteiger partial charge in [0, 0.05) is 0 Å². The molecule has 0 unspecified atom stereocenters. The maximum atomic E-state index is 10.9. The Balaban J connectivity index is 2.02. The lowest BCUT2D eigenvalue weighted by molar-refractivity contribution is -0.137. The minimum Gasteiger partial charge on any atom is -0.489 e. The average Bonchev–Trinajstić information content (AvgIpc) is 2.54. The quantitative estimate of drug-likeness (QED) is 0.823. The summed E-state index contributed by atoms with van der Waals surface area (Å²) in [5, 5.41) is 8.94. The van der Waals surface area contributed by atoms with Gasteiger partial charge in [0.2, 0.25) is 0 Å². The van der Waals surface area contributed by atoms with E-state index in [0.29, 0.717) is 6.61 Å². The summed E-state index contributed by atoms with van der Waals surface area (Å²) < 4.78 is 5.72. The van der Waals surface area contributed by atoms with Crippen molar-refractivity contribution in [1.29, 1.82) is 0 Å². The van der Waals surface area contributed by atoms with Crippen molar-refractivity contribution in [2.75, 3.05) is 0 Å². The number of carboxylic acid groups (broad SMARTS) is 1. The van der Waals surface area contributed by atoms with E-state index in [0.717, 1.165) is 16.9 Å². The Morgan fingerprint density at radius 3 is 2.41 bits per heavy atom. The first kappa shape index (κ1) is 15.7. The number of benzene rings is 2. The van der Waals surface area contributed by atoms with Crippen molar-refractivity contribution in [3.8, 4) is 17.6 Å². The van der Waals surface area contributed by atoms with Gasteiger partial charge in [-0.3, -0.25) is 4.79 Å². The van der Waals surface area contributed by atoms with Crippen molar-refractivity contribution in [3.63, 3.8) is 0 Å². The van der Waals surface area contributed by atoms with Crippen LogP contribution < -0.4 is 4.74 Å². The Labute approximate surface area is 130 Å². The standard InChI is InChI=1S/C19H18O3/c1-2-6-17(13-19(20)21)16-9-11-18(12-10-16)22-14-15-7-4-3-5-8-15/h3-5,7-12,17H,13-14H2,1H3,(H,20,21)/t17-/m0/s1.